The van der Waals surface area contributed by atoms with Gasteiger partial charge in [-0.05, 0) is 12.1 Å². The van der Waals surface area contributed by atoms with E-state index in [-0.39, 0.29) is 5.56 Å². The summed E-state index contributed by atoms with van der Waals surface area (Å²) in [5.41, 5.74) is 0.625. The van der Waals surface area contributed by atoms with E-state index < -0.39 is 5.97 Å². The van der Waals surface area contributed by atoms with Crippen molar-refractivity contribution in [1.29, 1.82) is 0 Å². The highest BCUT2D eigenvalue weighted by atomic mass is 35.5. The molecule has 2 aromatic heterocycles. The van der Waals surface area contributed by atoms with Crippen molar-refractivity contribution in [2.75, 3.05) is 0 Å². The van der Waals surface area contributed by atoms with E-state index in [0.717, 1.165) is 0 Å². The summed E-state index contributed by atoms with van der Waals surface area (Å²) in [4.78, 5) is 14.7. The lowest BCUT2D eigenvalue weighted by atomic mass is 10.2. The molecule has 1 N–H and O–H groups in total. The van der Waals surface area contributed by atoms with Gasteiger partial charge in [0.15, 0.2) is 5.65 Å². The largest absolute Gasteiger partial charge is 0.478 e. The molecule has 2 rings (SSSR count). The SMILES string of the molecule is O=C(O)c1cn(Cl)c2ncccc12. The Morgan fingerprint density at radius 3 is 3.08 bits per heavy atom. The van der Waals surface area contributed by atoms with Crippen LogP contribution >= 0.6 is 11.8 Å². The van der Waals surface area contributed by atoms with Crippen molar-refractivity contribution >= 4 is 28.8 Å². The third-order valence-electron chi connectivity index (χ3n) is 1.75. The molecular formula is C8H5ClN2O2. The number of pyridine rings is 1. The van der Waals surface area contributed by atoms with Gasteiger partial charge in [-0.15, -0.1) is 0 Å². The summed E-state index contributed by atoms with van der Waals surface area (Å²) in [6.07, 6.45) is 2.90. The van der Waals surface area contributed by atoms with E-state index in [0.29, 0.717) is 11.0 Å². The van der Waals surface area contributed by atoms with Crippen LogP contribution in [0.2, 0.25) is 0 Å². The number of fused-ring (bicyclic) bond motifs is 1. The maximum Gasteiger partial charge on any atom is 0.337 e. The fraction of sp³-hybridized carbons (Fsp3) is 0. The predicted molar refractivity (Wildman–Crippen MR) is 47.9 cm³/mol. The van der Waals surface area contributed by atoms with Gasteiger partial charge in [0.1, 0.15) is 0 Å². The highest BCUT2D eigenvalue weighted by Crippen LogP contribution is 2.19. The van der Waals surface area contributed by atoms with Crippen LogP contribution < -0.4 is 0 Å². The minimum atomic E-state index is -1.00. The number of hydrogen-bond acceptors (Lipinski definition) is 2. The van der Waals surface area contributed by atoms with Crippen LogP contribution in [0.5, 0.6) is 0 Å². The number of hydrogen-bond donors (Lipinski definition) is 1. The lowest BCUT2D eigenvalue weighted by Gasteiger charge is -1.89. The van der Waals surface area contributed by atoms with Gasteiger partial charge in [-0.3, -0.25) is 0 Å². The van der Waals surface area contributed by atoms with Gasteiger partial charge in [-0.1, -0.05) is 0 Å². The molecule has 0 aliphatic rings. The molecular weight excluding hydrogens is 192 g/mol. The first-order valence-corrected chi connectivity index (χ1v) is 3.89. The fourth-order valence-electron chi connectivity index (χ4n) is 1.19. The fourth-order valence-corrected chi connectivity index (χ4v) is 1.42. The molecule has 2 aromatic rings. The highest BCUT2D eigenvalue weighted by molar-refractivity contribution is 6.20. The first-order chi connectivity index (χ1) is 6.20. The number of carboxylic acid groups (broad SMARTS) is 1. The molecule has 4 nitrogen and oxygen atoms in total. The molecule has 0 unspecified atom stereocenters. The lowest BCUT2D eigenvalue weighted by Crippen LogP contribution is -1.93. The molecule has 0 amide bonds. The van der Waals surface area contributed by atoms with Crippen LogP contribution in [0.3, 0.4) is 0 Å². The lowest BCUT2D eigenvalue weighted by molar-refractivity contribution is 0.0699. The van der Waals surface area contributed by atoms with Crippen molar-refractivity contribution in [2.45, 2.75) is 0 Å². The zero-order valence-corrected chi connectivity index (χ0v) is 7.19. The second-order valence-corrected chi connectivity index (χ2v) is 2.90. The molecule has 5 heteroatoms. The van der Waals surface area contributed by atoms with Crippen molar-refractivity contribution < 1.29 is 9.90 Å². The zero-order chi connectivity index (χ0) is 9.42. The Labute approximate surface area is 78.5 Å². The minimum Gasteiger partial charge on any atom is -0.478 e. The summed E-state index contributed by atoms with van der Waals surface area (Å²) < 4.78 is 1.18. The van der Waals surface area contributed by atoms with Crippen LogP contribution in [0.25, 0.3) is 11.0 Å². The van der Waals surface area contributed by atoms with Gasteiger partial charge in [0.2, 0.25) is 0 Å². The number of nitrogens with zero attached hydrogens (tertiary/aromatic N) is 2. The summed E-state index contributed by atoms with van der Waals surface area (Å²) >= 11 is 5.71. The molecule has 0 saturated heterocycles. The van der Waals surface area contributed by atoms with Crippen molar-refractivity contribution in [3.05, 3.63) is 30.1 Å². The topological polar surface area (TPSA) is 55.1 Å². The minimum absolute atomic E-state index is 0.165. The van der Waals surface area contributed by atoms with Gasteiger partial charge in [-0.25, -0.2) is 13.9 Å². The third-order valence-corrected chi connectivity index (χ3v) is 2.01. The van der Waals surface area contributed by atoms with E-state index in [4.69, 9.17) is 16.9 Å². The summed E-state index contributed by atoms with van der Waals surface area (Å²) in [7, 11) is 0. The van der Waals surface area contributed by atoms with Crippen molar-refractivity contribution in [1.82, 2.24) is 9.07 Å². The molecule has 0 aromatic carbocycles. The van der Waals surface area contributed by atoms with Crippen LogP contribution in [0, 0.1) is 0 Å². The first-order valence-electron chi connectivity index (χ1n) is 3.55. The molecule has 2 heterocycles. The van der Waals surface area contributed by atoms with Crippen molar-refractivity contribution in [3.63, 3.8) is 0 Å². The number of aromatic carboxylic acids is 1. The van der Waals surface area contributed by atoms with Crippen molar-refractivity contribution in [3.8, 4) is 0 Å². The average molecular weight is 197 g/mol. The Morgan fingerprint density at radius 2 is 2.38 bits per heavy atom. The van der Waals surface area contributed by atoms with Crippen LogP contribution in [0.15, 0.2) is 24.5 Å². The van der Waals surface area contributed by atoms with Crippen LogP contribution in [0.1, 0.15) is 10.4 Å². The van der Waals surface area contributed by atoms with E-state index in [1.165, 1.54) is 10.3 Å². The van der Waals surface area contributed by atoms with E-state index in [1.54, 1.807) is 18.3 Å². The van der Waals surface area contributed by atoms with Gasteiger partial charge >= 0.3 is 5.97 Å². The van der Waals surface area contributed by atoms with Gasteiger partial charge < -0.3 is 5.11 Å². The third kappa shape index (κ3) is 1.15. The van der Waals surface area contributed by atoms with E-state index in [1.807, 2.05) is 0 Å². The maximum absolute atomic E-state index is 10.7. The molecule has 0 aliphatic heterocycles. The second kappa shape index (κ2) is 2.74. The smallest absolute Gasteiger partial charge is 0.337 e. The standard InChI is InChI=1S/C8H5ClN2O2/c9-11-4-6(8(12)13)5-2-1-3-10-7(5)11/h1-4H,(H,12,13). The number of carbonyl (C=O) groups is 1. The van der Waals surface area contributed by atoms with Crippen LogP contribution in [-0.4, -0.2) is 20.1 Å². The number of halogens is 1. The molecule has 0 radical (unpaired) electrons. The zero-order valence-electron chi connectivity index (χ0n) is 6.44. The second-order valence-electron chi connectivity index (χ2n) is 2.53. The van der Waals surface area contributed by atoms with Gasteiger partial charge in [0.05, 0.1) is 5.56 Å². The highest BCUT2D eigenvalue weighted by Gasteiger charge is 2.13. The summed E-state index contributed by atoms with van der Waals surface area (Å²) in [6.45, 7) is 0. The summed E-state index contributed by atoms with van der Waals surface area (Å²) in [5, 5.41) is 9.34. The Bertz CT molecular complexity index is 478. The normalized spacial score (nSPS) is 10.5. The Kier molecular flexibility index (Phi) is 1.70. The molecule has 66 valence electrons. The molecule has 0 atom stereocenters. The molecule has 13 heavy (non-hydrogen) atoms. The maximum atomic E-state index is 10.7. The Morgan fingerprint density at radius 1 is 1.62 bits per heavy atom. The predicted octanol–water partition coefficient (Wildman–Crippen LogP) is 1.74. The summed E-state index contributed by atoms with van der Waals surface area (Å²) in [6, 6.07) is 3.34. The first kappa shape index (κ1) is 8.07. The van der Waals surface area contributed by atoms with Crippen LogP contribution in [0.4, 0.5) is 0 Å². The molecule has 0 fully saturated rings. The van der Waals surface area contributed by atoms with E-state index >= 15 is 0 Å². The molecule has 0 aliphatic carbocycles. The molecule has 0 bridgehead atoms. The average Bonchev–Trinajstić information content (AvgIpc) is 2.45. The van der Waals surface area contributed by atoms with Gasteiger partial charge in [0.25, 0.3) is 0 Å². The van der Waals surface area contributed by atoms with E-state index in [2.05, 4.69) is 4.98 Å². The Balaban J connectivity index is 2.85. The molecule has 0 spiro atoms. The number of rotatable bonds is 1. The number of carboxylic acids is 1. The Hall–Kier alpha value is -1.55. The van der Waals surface area contributed by atoms with E-state index in [9.17, 15) is 4.79 Å². The van der Waals surface area contributed by atoms with Gasteiger partial charge in [0, 0.05) is 29.6 Å². The quantitative estimate of drug-likeness (QED) is 0.756. The van der Waals surface area contributed by atoms with Crippen LogP contribution in [-0.2, 0) is 0 Å². The summed E-state index contributed by atoms with van der Waals surface area (Å²) in [5.74, 6) is -1.00. The monoisotopic (exact) mass is 196 g/mol. The van der Waals surface area contributed by atoms with Crippen molar-refractivity contribution in [2.24, 2.45) is 0 Å². The van der Waals surface area contributed by atoms with Gasteiger partial charge in [-0.2, -0.15) is 0 Å². The number of aromatic nitrogens is 2. The molecule has 0 saturated carbocycles.